The molecular formula is C29H38F6N2O10S2. The molecule has 20 heteroatoms. The molecule has 49 heavy (non-hydrogen) atoms. The Balaban J connectivity index is 0.000000230. The van der Waals surface area contributed by atoms with E-state index in [2.05, 4.69) is 10.8 Å². The molecule has 4 aliphatic carbocycles. The summed E-state index contributed by atoms with van der Waals surface area (Å²) >= 11 is 0. The van der Waals surface area contributed by atoms with Gasteiger partial charge in [0.15, 0.2) is 0 Å². The quantitative estimate of drug-likeness (QED) is 0.169. The number of hydrogen-bond donors (Lipinski definition) is 2. The molecule has 6 rings (SSSR count). The molecule has 1 saturated heterocycles. The van der Waals surface area contributed by atoms with Crippen molar-refractivity contribution in [2.24, 2.45) is 59.2 Å². The minimum atomic E-state index is -5.38. The highest BCUT2D eigenvalue weighted by molar-refractivity contribution is 7.90. The molecule has 0 amide bonds. The summed E-state index contributed by atoms with van der Waals surface area (Å²) in [4.78, 5) is 43.6. The third kappa shape index (κ3) is 8.91. The van der Waals surface area contributed by atoms with E-state index in [0.29, 0.717) is 12.3 Å². The molecule has 2 N–H and O–H groups in total. The number of nitrogens with one attached hydrogen (secondary N) is 2. The fraction of sp³-hybridized carbons (Fsp3) is 0.724. The Morgan fingerprint density at radius 1 is 0.735 bits per heavy atom. The van der Waals surface area contributed by atoms with Crippen LogP contribution in [-0.4, -0.2) is 64.8 Å². The van der Waals surface area contributed by atoms with Crippen molar-refractivity contribution in [2.45, 2.75) is 58.0 Å². The fourth-order valence-electron chi connectivity index (χ4n) is 7.77. The first kappa shape index (κ1) is 40.6. The number of carbonyl (C=O) groups excluding carboxylic acids is 4. The summed E-state index contributed by atoms with van der Waals surface area (Å²) in [5.41, 5.74) is -10.5. The van der Waals surface area contributed by atoms with E-state index >= 15 is 0 Å². The summed E-state index contributed by atoms with van der Waals surface area (Å²) in [6.45, 7) is 3.18. The molecule has 0 spiro atoms. The van der Waals surface area contributed by atoms with Crippen LogP contribution in [0.3, 0.4) is 0 Å². The van der Waals surface area contributed by atoms with Crippen molar-refractivity contribution in [1.29, 1.82) is 0 Å². The second-order valence-electron chi connectivity index (χ2n) is 12.9. The number of ether oxygens (including phenoxy) is 2. The Kier molecular flexibility index (Phi) is 12.3. The first-order valence-corrected chi connectivity index (χ1v) is 18.0. The summed E-state index contributed by atoms with van der Waals surface area (Å²) in [5, 5.41) is 0. The summed E-state index contributed by atoms with van der Waals surface area (Å²) in [7, 11) is -10.6. The molecule has 4 bridgehead atoms. The maximum atomic E-state index is 12.5. The lowest BCUT2D eigenvalue weighted by atomic mass is 9.66. The van der Waals surface area contributed by atoms with Gasteiger partial charge in [-0.25, -0.2) is 35.9 Å². The van der Waals surface area contributed by atoms with Crippen LogP contribution in [0.1, 0.15) is 47.0 Å². The van der Waals surface area contributed by atoms with Gasteiger partial charge in [0.2, 0.25) is 0 Å². The maximum Gasteiger partial charge on any atom is 0.511 e. The van der Waals surface area contributed by atoms with Gasteiger partial charge in [-0.15, -0.1) is 0 Å². The minimum absolute atomic E-state index is 0. The van der Waals surface area contributed by atoms with Crippen LogP contribution in [0.2, 0.25) is 0 Å². The van der Waals surface area contributed by atoms with Crippen molar-refractivity contribution in [3.63, 3.8) is 0 Å². The Bertz CT molecular complexity index is 1560. The number of carbonyl (C=O) groups is 4. The summed E-state index contributed by atoms with van der Waals surface area (Å²) in [5.74, 6) is -3.00. The zero-order valence-corrected chi connectivity index (χ0v) is 27.1. The third-order valence-electron chi connectivity index (χ3n) is 10.1. The second-order valence-corrected chi connectivity index (χ2v) is 16.4. The van der Waals surface area contributed by atoms with E-state index in [4.69, 9.17) is 4.74 Å². The molecule has 0 aromatic rings. The van der Waals surface area contributed by atoms with Crippen molar-refractivity contribution < 1.29 is 71.8 Å². The molecule has 6 aliphatic rings. The van der Waals surface area contributed by atoms with Crippen LogP contribution >= 0.6 is 0 Å². The van der Waals surface area contributed by atoms with Gasteiger partial charge in [0.25, 0.3) is 0 Å². The van der Waals surface area contributed by atoms with Crippen LogP contribution in [0, 0.1) is 59.2 Å². The maximum absolute atomic E-state index is 12.5. The number of esters is 4. The van der Waals surface area contributed by atoms with E-state index in [1.807, 2.05) is 13.0 Å². The highest BCUT2D eigenvalue weighted by atomic mass is 32.2. The van der Waals surface area contributed by atoms with Gasteiger partial charge in [0, 0.05) is 25.2 Å². The van der Waals surface area contributed by atoms with Gasteiger partial charge in [-0.05, 0) is 73.0 Å². The Morgan fingerprint density at radius 2 is 1.27 bits per heavy atom. The first-order valence-electron chi connectivity index (χ1n) is 15.0. The Morgan fingerprint density at radius 3 is 1.63 bits per heavy atom. The molecular weight excluding hydrogens is 714 g/mol. The van der Waals surface area contributed by atoms with E-state index in [1.165, 1.54) is 0 Å². The van der Waals surface area contributed by atoms with E-state index in [9.17, 15) is 62.4 Å². The summed E-state index contributed by atoms with van der Waals surface area (Å²) in [6, 6.07) is 0. The topological polar surface area (TPSA) is 179 Å². The lowest BCUT2D eigenvalue weighted by molar-refractivity contribution is -0.155. The van der Waals surface area contributed by atoms with Gasteiger partial charge < -0.3 is 9.47 Å². The van der Waals surface area contributed by atoms with Crippen LogP contribution in [0.15, 0.2) is 24.3 Å². The molecule has 278 valence electrons. The van der Waals surface area contributed by atoms with Crippen LogP contribution < -0.4 is 9.44 Å². The highest BCUT2D eigenvalue weighted by Gasteiger charge is 2.59. The lowest BCUT2D eigenvalue weighted by Gasteiger charge is -2.37. The molecule has 2 aliphatic heterocycles. The van der Waals surface area contributed by atoms with Crippen molar-refractivity contribution in [3.05, 3.63) is 24.3 Å². The SMILES string of the molecule is C.CC1C(=O)OC(=O)C1C1C(C)C2CC(CNS(=O)(=O)C(F)(F)F)C1C2.O=C1C=CC(=O)O1.O=S(=O)(NCC1CC2C=CC1C2)C(F)(F)F. The van der Waals surface area contributed by atoms with Crippen LogP contribution in [0.25, 0.3) is 0 Å². The van der Waals surface area contributed by atoms with Crippen LogP contribution in [0.4, 0.5) is 26.3 Å². The molecule has 4 fully saturated rings. The molecule has 3 saturated carbocycles. The molecule has 2 heterocycles. The number of sulfonamides is 2. The molecule has 10 atom stereocenters. The summed E-state index contributed by atoms with van der Waals surface area (Å²) in [6.07, 6.45) is 9.27. The van der Waals surface area contributed by atoms with Gasteiger partial charge in [-0.1, -0.05) is 33.4 Å². The molecule has 0 radical (unpaired) electrons. The van der Waals surface area contributed by atoms with Crippen LogP contribution in [0.5, 0.6) is 0 Å². The zero-order chi connectivity index (χ0) is 36.0. The van der Waals surface area contributed by atoms with E-state index in [1.54, 1.807) is 16.4 Å². The predicted molar refractivity (Wildman–Crippen MR) is 158 cm³/mol. The molecule has 0 aromatic heterocycles. The molecule has 12 nitrogen and oxygen atoms in total. The van der Waals surface area contributed by atoms with Gasteiger partial charge in [0.1, 0.15) is 0 Å². The van der Waals surface area contributed by atoms with E-state index in [-0.39, 0.29) is 61.9 Å². The van der Waals surface area contributed by atoms with Gasteiger partial charge in [0.05, 0.1) is 11.8 Å². The van der Waals surface area contributed by atoms with Crippen molar-refractivity contribution >= 4 is 43.9 Å². The zero-order valence-electron chi connectivity index (χ0n) is 25.5. The number of alkyl halides is 6. The highest BCUT2D eigenvalue weighted by Crippen LogP contribution is 2.59. The number of hydrogen-bond acceptors (Lipinski definition) is 10. The van der Waals surface area contributed by atoms with Gasteiger partial charge >= 0.3 is 54.9 Å². The van der Waals surface area contributed by atoms with Gasteiger partial charge in [-0.3, -0.25) is 9.59 Å². The van der Waals surface area contributed by atoms with E-state index < -0.39 is 66.8 Å². The largest absolute Gasteiger partial charge is 0.511 e. The number of cyclic esters (lactones) is 4. The average Bonchev–Trinajstić information content (AvgIpc) is 3.82. The number of halogens is 6. The van der Waals surface area contributed by atoms with E-state index in [0.717, 1.165) is 31.4 Å². The number of rotatable bonds is 7. The second kappa shape index (κ2) is 14.8. The third-order valence-corrected chi connectivity index (χ3v) is 12.4. The van der Waals surface area contributed by atoms with Crippen LogP contribution in [-0.2, 0) is 48.7 Å². The molecule has 0 aromatic carbocycles. The normalized spacial score (nSPS) is 34.6. The fourth-order valence-corrected chi connectivity index (χ4v) is 8.96. The Hall–Kier alpha value is -2.84. The lowest BCUT2D eigenvalue weighted by Crippen LogP contribution is -2.43. The Labute approximate surface area is 279 Å². The minimum Gasteiger partial charge on any atom is -0.393 e. The van der Waals surface area contributed by atoms with Gasteiger partial charge in [-0.2, -0.15) is 26.3 Å². The van der Waals surface area contributed by atoms with Crippen molar-refractivity contribution in [3.8, 4) is 0 Å². The van der Waals surface area contributed by atoms with Crippen molar-refractivity contribution in [2.75, 3.05) is 13.1 Å². The smallest absolute Gasteiger partial charge is 0.393 e. The van der Waals surface area contributed by atoms with Crippen molar-refractivity contribution in [1.82, 2.24) is 9.44 Å². The molecule has 10 unspecified atom stereocenters. The summed E-state index contributed by atoms with van der Waals surface area (Å²) < 4.78 is 129. The number of allylic oxidation sites excluding steroid dienone is 2. The standard InChI is InChI=1S/C15H20F3NO5S.C9H12F3NO2S.C4H2O3.CH4/c1-6-8-3-9(5-19-25(22,23)15(16,17)18)10(4-8)11(6)12-7(2)13(20)24-14(12)21;10-9(11,12)16(14,15)13-5-8-4-6-1-2-7(8)3-6;5-3-1-2-4(6)7-3;/h6-12,19H,3-5H2,1-2H3;1-2,6-8,13H,3-5H2;1-2H;1H4. The monoisotopic (exact) mass is 752 g/mol. The predicted octanol–water partition coefficient (Wildman–Crippen LogP) is 3.57. The average molecular weight is 753 g/mol. The first-order chi connectivity index (χ1) is 22.0. The number of fused-ring (bicyclic) bond motifs is 4.